The van der Waals surface area contributed by atoms with Crippen LogP contribution in [-0.2, 0) is 0 Å². The molecule has 19 heavy (non-hydrogen) atoms. The minimum absolute atomic E-state index is 0.570. The molecule has 0 aliphatic heterocycles. The maximum atomic E-state index is 5.66. The van der Waals surface area contributed by atoms with Crippen molar-refractivity contribution >= 4 is 14.5 Å². The molecule has 0 amide bonds. The zero-order valence-corrected chi connectivity index (χ0v) is 13.3. The normalized spacial score (nSPS) is 10.2. The van der Waals surface area contributed by atoms with Crippen LogP contribution in [0, 0.1) is 0 Å². The molecule has 1 atom stereocenters. The van der Waals surface area contributed by atoms with Gasteiger partial charge in [0.1, 0.15) is 0 Å². The van der Waals surface area contributed by atoms with E-state index in [1.54, 1.807) is 0 Å². The Balaban J connectivity index is 3.31. The van der Waals surface area contributed by atoms with Crippen LogP contribution in [0.25, 0.3) is 0 Å². The Morgan fingerprint density at radius 2 is 1.11 bits per heavy atom. The van der Waals surface area contributed by atoms with Crippen LogP contribution in [0.5, 0.6) is 23.0 Å². The first-order valence-corrected chi connectivity index (χ1v) is 7.24. The number of ether oxygens (including phenoxy) is 4. The van der Waals surface area contributed by atoms with Crippen LogP contribution in [0.1, 0.15) is 27.7 Å². The molecule has 0 aliphatic carbocycles. The molecule has 4 nitrogen and oxygen atoms in total. The van der Waals surface area contributed by atoms with E-state index in [1.165, 1.54) is 0 Å². The minimum atomic E-state index is 0.570. The van der Waals surface area contributed by atoms with Gasteiger partial charge in [0.05, 0.1) is 31.7 Å². The van der Waals surface area contributed by atoms with Crippen LogP contribution in [-0.4, -0.2) is 26.4 Å². The molecule has 0 fully saturated rings. The Labute approximate surface area is 117 Å². The van der Waals surface area contributed by atoms with Gasteiger partial charge in [0, 0.05) is 6.07 Å². The Morgan fingerprint density at radius 1 is 0.737 bits per heavy atom. The Kier molecular flexibility index (Phi) is 6.79. The molecule has 0 aromatic heterocycles. The topological polar surface area (TPSA) is 36.9 Å². The van der Waals surface area contributed by atoms with E-state index >= 15 is 0 Å². The number of hydrogen-bond donors (Lipinski definition) is 0. The van der Waals surface area contributed by atoms with Crippen molar-refractivity contribution in [1.82, 2.24) is 0 Å². The van der Waals surface area contributed by atoms with Gasteiger partial charge in [-0.2, -0.15) is 0 Å². The van der Waals surface area contributed by atoms with Crippen molar-refractivity contribution in [1.29, 1.82) is 0 Å². The maximum Gasteiger partial charge on any atom is 0.172 e. The van der Waals surface area contributed by atoms with Gasteiger partial charge in [0.2, 0.25) is 0 Å². The lowest BCUT2D eigenvalue weighted by atomic mass is 10.2. The second-order valence-corrected chi connectivity index (χ2v) is 4.25. The molecule has 0 N–H and O–H groups in total. The van der Waals surface area contributed by atoms with Gasteiger partial charge in [-0.05, 0) is 27.7 Å². The first kappa shape index (κ1) is 15.9. The van der Waals surface area contributed by atoms with Crippen molar-refractivity contribution in [3.05, 3.63) is 6.07 Å². The SMILES string of the molecule is CCOc1cc(OCC)c(OCC)c(P)c1OCC. The molecule has 5 heteroatoms. The molecule has 0 heterocycles. The summed E-state index contributed by atoms with van der Waals surface area (Å²) in [4.78, 5) is 0. The second-order valence-electron chi connectivity index (χ2n) is 3.68. The third-order valence-electron chi connectivity index (χ3n) is 2.38. The minimum Gasteiger partial charge on any atom is -0.490 e. The summed E-state index contributed by atoms with van der Waals surface area (Å²) in [5, 5.41) is 0.832. The van der Waals surface area contributed by atoms with Crippen LogP contribution in [0.3, 0.4) is 0 Å². The zero-order valence-electron chi connectivity index (χ0n) is 12.1. The van der Waals surface area contributed by atoms with E-state index in [0.29, 0.717) is 49.4 Å². The lowest BCUT2D eigenvalue weighted by Crippen LogP contribution is -2.12. The van der Waals surface area contributed by atoms with E-state index in [2.05, 4.69) is 9.24 Å². The fourth-order valence-corrected chi connectivity index (χ4v) is 2.18. The number of hydrogen-bond acceptors (Lipinski definition) is 4. The highest BCUT2D eigenvalue weighted by atomic mass is 31.0. The highest BCUT2D eigenvalue weighted by Crippen LogP contribution is 2.39. The molecule has 0 saturated heterocycles. The lowest BCUT2D eigenvalue weighted by molar-refractivity contribution is 0.269. The van der Waals surface area contributed by atoms with Crippen LogP contribution in [0.15, 0.2) is 6.07 Å². The van der Waals surface area contributed by atoms with Crippen LogP contribution in [0.2, 0.25) is 0 Å². The largest absolute Gasteiger partial charge is 0.490 e. The third kappa shape index (κ3) is 3.90. The molecule has 108 valence electrons. The van der Waals surface area contributed by atoms with Gasteiger partial charge in [0.25, 0.3) is 0 Å². The van der Waals surface area contributed by atoms with Crippen LogP contribution >= 0.6 is 9.24 Å². The summed E-state index contributed by atoms with van der Waals surface area (Å²) in [5.74, 6) is 2.75. The van der Waals surface area contributed by atoms with Gasteiger partial charge < -0.3 is 18.9 Å². The summed E-state index contributed by atoms with van der Waals surface area (Å²) >= 11 is 0. The molecular formula is C14H23O4P. The van der Waals surface area contributed by atoms with Crippen molar-refractivity contribution in [3.8, 4) is 23.0 Å². The smallest absolute Gasteiger partial charge is 0.172 e. The maximum absolute atomic E-state index is 5.66. The summed E-state index contributed by atoms with van der Waals surface area (Å²) in [6, 6.07) is 1.83. The molecule has 1 unspecified atom stereocenters. The lowest BCUT2D eigenvalue weighted by Gasteiger charge is -2.19. The number of benzene rings is 1. The van der Waals surface area contributed by atoms with E-state index in [0.717, 1.165) is 5.30 Å². The predicted molar refractivity (Wildman–Crippen MR) is 80.5 cm³/mol. The molecular weight excluding hydrogens is 263 g/mol. The van der Waals surface area contributed by atoms with E-state index in [9.17, 15) is 0 Å². The van der Waals surface area contributed by atoms with Crippen LogP contribution < -0.4 is 24.3 Å². The van der Waals surface area contributed by atoms with Gasteiger partial charge in [-0.3, -0.25) is 0 Å². The third-order valence-corrected chi connectivity index (χ3v) is 2.90. The molecule has 0 spiro atoms. The Hall–Kier alpha value is -1.15. The van der Waals surface area contributed by atoms with E-state index in [-0.39, 0.29) is 0 Å². The predicted octanol–water partition coefficient (Wildman–Crippen LogP) is 2.78. The van der Waals surface area contributed by atoms with Gasteiger partial charge in [-0.1, -0.05) is 9.24 Å². The van der Waals surface area contributed by atoms with E-state index in [4.69, 9.17) is 18.9 Å². The van der Waals surface area contributed by atoms with Gasteiger partial charge >= 0.3 is 0 Å². The van der Waals surface area contributed by atoms with E-state index in [1.807, 2.05) is 33.8 Å². The van der Waals surface area contributed by atoms with Gasteiger partial charge in [0.15, 0.2) is 23.0 Å². The monoisotopic (exact) mass is 286 g/mol. The van der Waals surface area contributed by atoms with E-state index < -0.39 is 0 Å². The zero-order chi connectivity index (χ0) is 14.3. The first-order chi connectivity index (χ1) is 9.19. The number of rotatable bonds is 8. The summed E-state index contributed by atoms with van der Waals surface area (Å²) in [6.07, 6.45) is 0. The molecule has 0 bridgehead atoms. The molecule has 1 aromatic rings. The van der Waals surface area contributed by atoms with Gasteiger partial charge in [-0.25, -0.2) is 0 Å². The summed E-state index contributed by atoms with van der Waals surface area (Å²) < 4.78 is 22.6. The molecule has 0 radical (unpaired) electrons. The summed E-state index contributed by atoms with van der Waals surface area (Å²) in [7, 11) is 2.65. The van der Waals surface area contributed by atoms with Crippen molar-refractivity contribution in [2.75, 3.05) is 26.4 Å². The van der Waals surface area contributed by atoms with Gasteiger partial charge in [-0.15, -0.1) is 0 Å². The first-order valence-electron chi connectivity index (χ1n) is 6.67. The molecule has 0 aliphatic rings. The van der Waals surface area contributed by atoms with Crippen molar-refractivity contribution < 1.29 is 18.9 Å². The van der Waals surface area contributed by atoms with Crippen molar-refractivity contribution in [3.63, 3.8) is 0 Å². The van der Waals surface area contributed by atoms with Crippen LogP contribution in [0.4, 0.5) is 0 Å². The molecule has 1 rings (SSSR count). The summed E-state index contributed by atoms with van der Waals surface area (Å²) in [6.45, 7) is 10.0. The average Bonchev–Trinajstić information content (AvgIpc) is 2.39. The quantitative estimate of drug-likeness (QED) is 0.689. The average molecular weight is 286 g/mol. The second kappa shape index (κ2) is 8.11. The highest BCUT2D eigenvalue weighted by Gasteiger charge is 2.19. The standard InChI is InChI=1S/C14H23O4P/c1-5-15-10-9-11(16-6-2)13(18-8-4)14(19)12(10)17-7-3/h9H,5-8,19H2,1-4H3. The highest BCUT2D eigenvalue weighted by molar-refractivity contribution is 7.28. The summed E-state index contributed by atoms with van der Waals surface area (Å²) in [5.41, 5.74) is 0. The van der Waals surface area contributed by atoms with Crippen molar-refractivity contribution in [2.45, 2.75) is 27.7 Å². The molecule has 1 aromatic carbocycles. The molecule has 0 saturated carbocycles. The Bertz CT molecular complexity index is 373. The Morgan fingerprint density at radius 3 is 1.42 bits per heavy atom. The van der Waals surface area contributed by atoms with Crippen molar-refractivity contribution in [2.24, 2.45) is 0 Å². The fourth-order valence-electron chi connectivity index (χ4n) is 1.73. The fraction of sp³-hybridized carbons (Fsp3) is 0.571.